The molecule has 58 valence electrons. The van der Waals surface area contributed by atoms with Gasteiger partial charge in [0.05, 0.1) is 19.3 Å². The fourth-order valence-electron chi connectivity index (χ4n) is 0.167. The molecule has 0 heterocycles. The SMILES string of the molecule is C=CC#N.COCCOC. The Morgan fingerprint density at radius 2 is 1.70 bits per heavy atom. The molecule has 10 heavy (non-hydrogen) atoms. The summed E-state index contributed by atoms with van der Waals surface area (Å²) < 4.78 is 9.31. The highest BCUT2D eigenvalue weighted by Crippen LogP contribution is 1.65. The first-order valence-corrected chi connectivity index (χ1v) is 2.81. The number of ether oxygens (including phenoxy) is 2. The molecule has 0 aliphatic heterocycles. The van der Waals surface area contributed by atoms with Crippen LogP contribution in [0.2, 0.25) is 0 Å². The fraction of sp³-hybridized carbons (Fsp3) is 0.571. The van der Waals surface area contributed by atoms with E-state index in [1.807, 2.05) is 0 Å². The Hall–Kier alpha value is -0.850. The lowest BCUT2D eigenvalue weighted by molar-refractivity contribution is 0.103. The van der Waals surface area contributed by atoms with E-state index in [1.54, 1.807) is 20.3 Å². The number of allylic oxidation sites excluding steroid dienone is 1. The summed E-state index contributed by atoms with van der Waals surface area (Å²) in [4.78, 5) is 0. The van der Waals surface area contributed by atoms with Crippen LogP contribution in [0.1, 0.15) is 0 Å². The van der Waals surface area contributed by atoms with E-state index in [4.69, 9.17) is 5.26 Å². The van der Waals surface area contributed by atoms with Gasteiger partial charge in [0.1, 0.15) is 0 Å². The maximum atomic E-state index is 7.51. The van der Waals surface area contributed by atoms with Gasteiger partial charge in [0, 0.05) is 20.3 Å². The normalized spacial score (nSPS) is 6.90. The van der Waals surface area contributed by atoms with Crippen LogP contribution in [0, 0.1) is 11.3 Å². The van der Waals surface area contributed by atoms with Crippen LogP contribution in [0.25, 0.3) is 0 Å². The zero-order valence-electron chi connectivity index (χ0n) is 6.46. The third-order valence-corrected chi connectivity index (χ3v) is 0.583. The molecule has 0 aromatic carbocycles. The number of nitrogens with zero attached hydrogens (tertiary/aromatic N) is 1. The minimum atomic E-state index is 0.691. The third kappa shape index (κ3) is 27.3. The van der Waals surface area contributed by atoms with Crippen molar-refractivity contribution < 1.29 is 9.47 Å². The Labute approximate surface area is 61.9 Å². The second-order valence-corrected chi connectivity index (χ2v) is 1.32. The van der Waals surface area contributed by atoms with Crippen molar-refractivity contribution >= 4 is 0 Å². The molecule has 0 saturated carbocycles. The van der Waals surface area contributed by atoms with Crippen molar-refractivity contribution in [3.63, 3.8) is 0 Å². The maximum absolute atomic E-state index is 7.51. The molecule has 0 unspecified atom stereocenters. The predicted octanol–water partition coefficient (Wildman–Crippen LogP) is 0.975. The summed E-state index contributed by atoms with van der Waals surface area (Å²) in [7, 11) is 3.30. The van der Waals surface area contributed by atoms with E-state index in [2.05, 4.69) is 16.1 Å². The average molecular weight is 143 g/mol. The van der Waals surface area contributed by atoms with Crippen LogP contribution in [0.5, 0.6) is 0 Å². The Balaban J connectivity index is 0. The summed E-state index contributed by atoms with van der Waals surface area (Å²) in [5.74, 6) is 0. The Kier molecular flexibility index (Phi) is 18.7. The molecule has 3 heteroatoms. The summed E-state index contributed by atoms with van der Waals surface area (Å²) in [5, 5.41) is 7.51. The molecule has 0 radical (unpaired) electrons. The van der Waals surface area contributed by atoms with Gasteiger partial charge in [-0.3, -0.25) is 0 Å². The number of rotatable bonds is 3. The highest BCUT2D eigenvalue weighted by atomic mass is 16.5. The monoisotopic (exact) mass is 143 g/mol. The van der Waals surface area contributed by atoms with Crippen LogP contribution in [0.3, 0.4) is 0 Å². The zero-order chi connectivity index (χ0) is 8.24. The van der Waals surface area contributed by atoms with E-state index in [9.17, 15) is 0 Å². The highest BCUT2D eigenvalue weighted by Gasteiger charge is 1.73. The van der Waals surface area contributed by atoms with Crippen LogP contribution in [0.4, 0.5) is 0 Å². The molecule has 0 amide bonds. The van der Waals surface area contributed by atoms with E-state index in [1.165, 1.54) is 6.08 Å². The molecule has 0 aromatic rings. The lowest BCUT2D eigenvalue weighted by Crippen LogP contribution is -1.96. The summed E-state index contributed by atoms with van der Waals surface area (Å²) in [5.41, 5.74) is 0. The van der Waals surface area contributed by atoms with Crippen molar-refractivity contribution in [2.75, 3.05) is 27.4 Å². The number of methoxy groups -OCH3 is 2. The summed E-state index contributed by atoms with van der Waals surface area (Å²) in [6, 6.07) is 1.69. The smallest absolute Gasteiger partial charge is 0.0905 e. The summed E-state index contributed by atoms with van der Waals surface area (Å²) >= 11 is 0. The first kappa shape index (κ1) is 11.9. The van der Waals surface area contributed by atoms with Gasteiger partial charge in [0.2, 0.25) is 0 Å². The topological polar surface area (TPSA) is 42.2 Å². The van der Waals surface area contributed by atoms with Gasteiger partial charge in [0.15, 0.2) is 0 Å². The quantitative estimate of drug-likeness (QED) is 0.436. The van der Waals surface area contributed by atoms with E-state index >= 15 is 0 Å². The molecule has 3 nitrogen and oxygen atoms in total. The summed E-state index contributed by atoms with van der Waals surface area (Å²) in [6.07, 6.45) is 1.18. The van der Waals surface area contributed by atoms with Crippen LogP contribution >= 0.6 is 0 Å². The molecule has 0 aromatic heterocycles. The van der Waals surface area contributed by atoms with Crippen molar-refractivity contribution in [2.24, 2.45) is 0 Å². The van der Waals surface area contributed by atoms with Gasteiger partial charge >= 0.3 is 0 Å². The lowest BCUT2D eigenvalue weighted by atomic mass is 10.8. The standard InChI is InChI=1S/C4H10O2.C3H3N/c1-5-3-4-6-2;1-2-3-4/h3-4H2,1-2H3;2H,1H2. The first-order valence-electron chi connectivity index (χ1n) is 2.81. The zero-order valence-corrected chi connectivity index (χ0v) is 6.46. The molecule has 0 fully saturated rings. The van der Waals surface area contributed by atoms with Gasteiger partial charge in [-0.25, -0.2) is 0 Å². The molecular weight excluding hydrogens is 130 g/mol. The van der Waals surface area contributed by atoms with E-state index < -0.39 is 0 Å². The number of nitriles is 1. The van der Waals surface area contributed by atoms with E-state index in [0.717, 1.165) is 0 Å². The van der Waals surface area contributed by atoms with Crippen molar-refractivity contribution in [1.82, 2.24) is 0 Å². The largest absolute Gasteiger partial charge is 0.382 e. The van der Waals surface area contributed by atoms with Crippen molar-refractivity contribution in [1.29, 1.82) is 5.26 Å². The van der Waals surface area contributed by atoms with Crippen LogP contribution in [0.15, 0.2) is 12.7 Å². The van der Waals surface area contributed by atoms with E-state index in [-0.39, 0.29) is 0 Å². The molecule has 0 saturated heterocycles. The van der Waals surface area contributed by atoms with Crippen LogP contribution < -0.4 is 0 Å². The van der Waals surface area contributed by atoms with Gasteiger partial charge in [0.25, 0.3) is 0 Å². The Morgan fingerprint density at radius 3 is 1.80 bits per heavy atom. The van der Waals surface area contributed by atoms with Crippen molar-refractivity contribution in [2.45, 2.75) is 0 Å². The van der Waals surface area contributed by atoms with Crippen molar-refractivity contribution in [3.8, 4) is 6.07 Å². The molecule has 0 N–H and O–H groups in total. The molecular formula is C7H13NO2. The third-order valence-electron chi connectivity index (χ3n) is 0.583. The lowest BCUT2D eigenvalue weighted by Gasteiger charge is -1.91. The average Bonchev–Trinajstić information content (AvgIpc) is 2.01. The minimum Gasteiger partial charge on any atom is -0.382 e. The Morgan fingerprint density at radius 1 is 1.40 bits per heavy atom. The molecule has 0 atom stereocenters. The van der Waals surface area contributed by atoms with Crippen molar-refractivity contribution in [3.05, 3.63) is 12.7 Å². The highest BCUT2D eigenvalue weighted by molar-refractivity contribution is 4.93. The minimum absolute atomic E-state index is 0.691. The molecule has 0 aliphatic rings. The molecule has 0 aliphatic carbocycles. The fourth-order valence-corrected chi connectivity index (χ4v) is 0.167. The van der Waals surface area contributed by atoms with Gasteiger partial charge in [-0.2, -0.15) is 5.26 Å². The second kappa shape index (κ2) is 15.7. The number of hydrogen-bond acceptors (Lipinski definition) is 3. The number of hydrogen-bond donors (Lipinski definition) is 0. The van der Waals surface area contributed by atoms with Crippen LogP contribution in [-0.2, 0) is 9.47 Å². The van der Waals surface area contributed by atoms with E-state index in [0.29, 0.717) is 13.2 Å². The van der Waals surface area contributed by atoms with Crippen LogP contribution in [-0.4, -0.2) is 27.4 Å². The second-order valence-electron chi connectivity index (χ2n) is 1.32. The van der Waals surface area contributed by atoms with Gasteiger partial charge in [-0.15, -0.1) is 0 Å². The molecule has 0 rings (SSSR count). The van der Waals surface area contributed by atoms with Gasteiger partial charge in [-0.05, 0) is 0 Å². The van der Waals surface area contributed by atoms with Gasteiger partial charge in [-0.1, -0.05) is 6.58 Å². The molecule has 0 bridgehead atoms. The predicted molar refractivity (Wildman–Crippen MR) is 39.6 cm³/mol. The Bertz CT molecular complexity index is 92.3. The first-order chi connectivity index (χ1) is 4.83. The maximum Gasteiger partial charge on any atom is 0.0905 e. The summed E-state index contributed by atoms with van der Waals surface area (Å²) in [6.45, 7) is 4.50. The van der Waals surface area contributed by atoms with Gasteiger partial charge < -0.3 is 9.47 Å². The molecule has 0 spiro atoms.